The number of urea groups is 1. The van der Waals surface area contributed by atoms with E-state index in [1.54, 1.807) is 0 Å². The van der Waals surface area contributed by atoms with E-state index in [9.17, 15) is 22.8 Å². The summed E-state index contributed by atoms with van der Waals surface area (Å²) in [6.07, 6.45) is -0.771. The van der Waals surface area contributed by atoms with Crippen molar-refractivity contribution in [1.82, 2.24) is 10.2 Å². The Bertz CT molecular complexity index is 687. The van der Waals surface area contributed by atoms with Crippen LogP contribution in [0.3, 0.4) is 0 Å². The monoisotopic (exact) mass is 384 g/mol. The van der Waals surface area contributed by atoms with Crippen molar-refractivity contribution in [3.05, 3.63) is 35.9 Å². The van der Waals surface area contributed by atoms with Gasteiger partial charge in [-0.15, -0.1) is 0 Å². The van der Waals surface area contributed by atoms with Crippen LogP contribution >= 0.6 is 0 Å². The average Bonchev–Trinajstić information content (AvgIpc) is 3.28. The minimum Gasteiger partial charge on any atom is -0.481 e. The Morgan fingerprint density at radius 1 is 1.15 bits per heavy atom. The lowest BCUT2D eigenvalue weighted by molar-refractivity contribution is -0.187. The molecule has 0 spiro atoms. The van der Waals surface area contributed by atoms with E-state index in [0.717, 1.165) is 36.1 Å². The zero-order valence-corrected chi connectivity index (χ0v) is 14.8. The Hall–Kier alpha value is -2.25. The topological polar surface area (TPSA) is 69.6 Å². The third kappa shape index (κ3) is 4.04. The second-order valence-corrected chi connectivity index (χ2v) is 7.51. The van der Waals surface area contributed by atoms with Crippen LogP contribution in [0.5, 0.6) is 0 Å². The van der Waals surface area contributed by atoms with Gasteiger partial charge < -0.3 is 15.3 Å². The number of carboxylic acid groups (broad SMARTS) is 1. The third-order valence-corrected chi connectivity index (χ3v) is 5.87. The van der Waals surface area contributed by atoms with Gasteiger partial charge in [-0.05, 0) is 18.4 Å². The predicted octanol–water partition coefficient (Wildman–Crippen LogP) is 3.40. The fourth-order valence-electron chi connectivity index (χ4n) is 4.32. The molecule has 2 fully saturated rings. The molecule has 8 heteroatoms. The number of nitrogens with zero attached hydrogens (tertiary/aromatic N) is 1. The molecule has 2 amide bonds. The Labute approximate surface area is 155 Å². The average molecular weight is 384 g/mol. The molecule has 3 rings (SSSR count). The fraction of sp³-hybridized carbons (Fsp3) is 0.579. The second-order valence-electron chi connectivity index (χ2n) is 7.51. The van der Waals surface area contributed by atoms with Crippen molar-refractivity contribution < 1.29 is 27.9 Å². The van der Waals surface area contributed by atoms with Crippen LogP contribution in [0, 0.1) is 11.8 Å². The normalized spacial score (nSPS) is 24.8. The van der Waals surface area contributed by atoms with Crippen molar-refractivity contribution in [2.45, 2.75) is 37.3 Å². The first-order valence-corrected chi connectivity index (χ1v) is 9.11. The number of carboxylic acids is 1. The van der Waals surface area contributed by atoms with E-state index in [0.29, 0.717) is 6.54 Å². The molecule has 1 aliphatic heterocycles. The lowest BCUT2D eigenvalue weighted by Crippen LogP contribution is -2.45. The number of aliphatic carboxylic acids is 1. The summed E-state index contributed by atoms with van der Waals surface area (Å²) in [5.41, 5.74) is 0.896. The van der Waals surface area contributed by atoms with Crippen molar-refractivity contribution in [3.63, 3.8) is 0 Å². The zero-order valence-electron chi connectivity index (χ0n) is 14.8. The molecule has 1 saturated carbocycles. The van der Waals surface area contributed by atoms with Crippen LogP contribution in [-0.4, -0.2) is 47.8 Å². The lowest BCUT2D eigenvalue weighted by Gasteiger charge is -2.31. The molecule has 0 bridgehead atoms. The number of hydrogen-bond donors (Lipinski definition) is 2. The highest BCUT2D eigenvalue weighted by atomic mass is 19.4. The zero-order chi connectivity index (χ0) is 19.7. The standard InChI is InChI=1S/C19H23F3N2O3/c20-19(21,22)15-11-24(10-14(15)16(25)26)17(27)23-12-18(8-4-5-9-18)13-6-2-1-3-7-13/h1-3,6-7,14-15H,4-5,8-12H2,(H,23,27)(H,25,26)/t14-,15-/m1/s1. The Morgan fingerprint density at radius 3 is 2.30 bits per heavy atom. The molecule has 0 radical (unpaired) electrons. The maximum Gasteiger partial charge on any atom is 0.394 e. The summed E-state index contributed by atoms with van der Waals surface area (Å²) < 4.78 is 39.3. The lowest BCUT2D eigenvalue weighted by atomic mass is 9.79. The van der Waals surface area contributed by atoms with Crippen LogP contribution in [0.2, 0.25) is 0 Å². The maximum absolute atomic E-state index is 13.1. The minimum absolute atomic E-state index is 0.216. The quantitative estimate of drug-likeness (QED) is 0.836. The Morgan fingerprint density at radius 2 is 1.78 bits per heavy atom. The summed E-state index contributed by atoms with van der Waals surface area (Å²) in [4.78, 5) is 24.6. The van der Waals surface area contributed by atoms with Gasteiger partial charge >= 0.3 is 18.2 Å². The largest absolute Gasteiger partial charge is 0.481 e. The molecule has 1 saturated heterocycles. The van der Waals surface area contributed by atoms with E-state index in [2.05, 4.69) is 5.32 Å². The van der Waals surface area contributed by atoms with Crippen LogP contribution in [0.25, 0.3) is 0 Å². The molecular formula is C19H23F3N2O3. The van der Waals surface area contributed by atoms with E-state index in [1.807, 2.05) is 30.3 Å². The predicted molar refractivity (Wildman–Crippen MR) is 92.2 cm³/mol. The number of carbonyl (C=O) groups excluding carboxylic acids is 1. The van der Waals surface area contributed by atoms with Gasteiger partial charge in [0.25, 0.3) is 0 Å². The number of benzene rings is 1. The van der Waals surface area contributed by atoms with Gasteiger partial charge in [-0.25, -0.2) is 4.79 Å². The van der Waals surface area contributed by atoms with E-state index < -0.39 is 43.1 Å². The molecule has 2 N–H and O–H groups in total. The first-order chi connectivity index (χ1) is 12.7. The number of nitrogens with one attached hydrogen (secondary N) is 1. The molecule has 1 aromatic rings. The number of rotatable bonds is 4. The highest BCUT2D eigenvalue weighted by Crippen LogP contribution is 2.41. The van der Waals surface area contributed by atoms with Crippen LogP contribution in [0.15, 0.2) is 30.3 Å². The van der Waals surface area contributed by atoms with Crippen LogP contribution < -0.4 is 5.32 Å². The summed E-state index contributed by atoms with van der Waals surface area (Å²) in [5, 5.41) is 11.8. The summed E-state index contributed by atoms with van der Waals surface area (Å²) in [6, 6.07) is 9.17. The molecule has 148 valence electrons. The molecule has 1 aliphatic carbocycles. The van der Waals surface area contributed by atoms with Crippen LogP contribution in [0.4, 0.5) is 18.0 Å². The van der Waals surface area contributed by atoms with E-state index in [1.165, 1.54) is 0 Å². The summed E-state index contributed by atoms with van der Waals surface area (Å²) in [5.74, 6) is -5.18. The highest BCUT2D eigenvalue weighted by molar-refractivity contribution is 5.78. The van der Waals surface area contributed by atoms with Crippen molar-refractivity contribution in [3.8, 4) is 0 Å². The van der Waals surface area contributed by atoms with Crippen molar-refractivity contribution in [2.24, 2.45) is 11.8 Å². The first-order valence-electron chi connectivity index (χ1n) is 9.11. The van der Waals surface area contributed by atoms with E-state index >= 15 is 0 Å². The summed E-state index contributed by atoms with van der Waals surface area (Å²) in [6.45, 7) is -0.713. The van der Waals surface area contributed by atoms with Gasteiger partial charge in [0.2, 0.25) is 0 Å². The summed E-state index contributed by atoms with van der Waals surface area (Å²) >= 11 is 0. The van der Waals surface area contributed by atoms with Gasteiger partial charge in [-0.2, -0.15) is 13.2 Å². The van der Waals surface area contributed by atoms with Gasteiger partial charge in [0.1, 0.15) is 0 Å². The minimum atomic E-state index is -4.64. The van der Waals surface area contributed by atoms with Crippen molar-refractivity contribution in [1.29, 1.82) is 0 Å². The number of hydrogen-bond acceptors (Lipinski definition) is 2. The second kappa shape index (κ2) is 7.40. The molecule has 0 aromatic heterocycles. The highest BCUT2D eigenvalue weighted by Gasteiger charge is 2.53. The Kier molecular flexibility index (Phi) is 5.35. The number of halogens is 3. The van der Waals surface area contributed by atoms with Crippen LogP contribution in [0.1, 0.15) is 31.2 Å². The fourth-order valence-corrected chi connectivity index (χ4v) is 4.32. The van der Waals surface area contributed by atoms with Gasteiger partial charge in [0.05, 0.1) is 11.8 Å². The molecule has 0 unspecified atom stereocenters. The van der Waals surface area contributed by atoms with Gasteiger partial charge in [-0.1, -0.05) is 43.2 Å². The molecule has 1 heterocycles. The molecular weight excluding hydrogens is 361 g/mol. The SMILES string of the molecule is O=C(O)[C@@H]1CN(C(=O)NCC2(c3ccccc3)CCCC2)C[C@H]1C(F)(F)F. The van der Waals surface area contributed by atoms with Gasteiger partial charge in [0.15, 0.2) is 0 Å². The Balaban J connectivity index is 1.68. The van der Waals surface area contributed by atoms with Crippen LogP contribution in [-0.2, 0) is 10.2 Å². The molecule has 1 aromatic carbocycles. The third-order valence-electron chi connectivity index (χ3n) is 5.87. The van der Waals surface area contributed by atoms with E-state index in [-0.39, 0.29) is 5.41 Å². The first kappa shape index (κ1) is 19.5. The molecule has 5 nitrogen and oxygen atoms in total. The maximum atomic E-state index is 13.1. The number of amides is 2. The smallest absolute Gasteiger partial charge is 0.394 e. The number of carbonyl (C=O) groups is 2. The summed E-state index contributed by atoms with van der Waals surface area (Å²) in [7, 11) is 0. The van der Waals surface area contributed by atoms with Gasteiger partial charge in [0, 0.05) is 25.0 Å². The van der Waals surface area contributed by atoms with Crippen molar-refractivity contribution >= 4 is 12.0 Å². The molecule has 2 atom stereocenters. The molecule has 2 aliphatic rings. The van der Waals surface area contributed by atoms with E-state index in [4.69, 9.17) is 5.11 Å². The molecule has 27 heavy (non-hydrogen) atoms. The van der Waals surface area contributed by atoms with Crippen molar-refractivity contribution in [2.75, 3.05) is 19.6 Å². The number of likely N-dealkylation sites (tertiary alicyclic amines) is 1. The van der Waals surface area contributed by atoms with Gasteiger partial charge in [-0.3, -0.25) is 4.79 Å². The number of alkyl halides is 3.